The normalized spacial score (nSPS) is 11.5. The van der Waals surface area contributed by atoms with Crippen molar-refractivity contribution in [2.45, 2.75) is 19.6 Å². The number of nitrogens with zero attached hydrogens (tertiary/aromatic N) is 2. The Hall–Kier alpha value is -2.56. The fourth-order valence-corrected chi connectivity index (χ4v) is 2.17. The predicted octanol–water partition coefficient (Wildman–Crippen LogP) is 3.49. The SMILES string of the molecule is C[C@@H](Oc1nc(F)c(Cl)c(N)c1Cl)C(=O)OCc1cccc(C#N)c1. The van der Waals surface area contributed by atoms with Gasteiger partial charge in [-0.3, -0.25) is 0 Å². The second-order valence-corrected chi connectivity index (χ2v) is 5.69. The number of nitrogen functional groups attached to an aromatic ring is 1. The van der Waals surface area contributed by atoms with Crippen molar-refractivity contribution in [3.8, 4) is 11.9 Å². The summed E-state index contributed by atoms with van der Waals surface area (Å²) in [5, 5.41) is 8.21. The highest BCUT2D eigenvalue weighted by atomic mass is 35.5. The number of esters is 1. The molecule has 1 heterocycles. The molecule has 0 aliphatic heterocycles. The Morgan fingerprint density at radius 1 is 1.44 bits per heavy atom. The van der Waals surface area contributed by atoms with E-state index in [0.29, 0.717) is 11.1 Å². The maximum absolute atomic E-state index is 13.5. The fourth-order valence-electron chi connectivity index (χ4n) is 1.81. The van der Waals surface area contributed by atoms with E-state index in [-0.39, 0.29) is 23.2 Å². The van der Waals surface area contributed by atoms with Gasteiger partial charge in [-0.15, -0.1) is 0 Å². The Morgan fingerprint density at radius 2 is 2.16 bits per heavy atom. The van der Waals surface area contributed by atoms with E-state index in [0.717, 1.165) is 0 Å². The average Bonchev–Trinajstić information content (AvgIpc) is 2.62. The molecule has 1 aromatic carbocycles. The molecule has 0 saturated heterocycles. The molecule has 6 nitrogen and oxygen atoms in total. The highest BCUT2D eigenvalue weighted by molar-refractivity contribution is 6.39. The molecule has 25 heavy (non-hydrogen) atoms. The average molecular weight is 384 g/mol. The topological polar surface area (TPSA) is 98.2 Å². The molecule has 130 valence electrons. The van der Waals surface area contributed by atoms with Crippen molar-refractivity contribution < 1.29 is 18.7 Å². The summed E-state index contributed by atoms with van der Waals surface area (Å²) in [4.78, 5) is 15.4. The smallest absolute Gasteiger partial charge is 0.347 e. The molecule has 0 radical (unpaired) electrons. The maximum atomic E-state index is 13.5. The first-order chi connectivity index (χ1) is 11.8. The van der Waals surface area contributed by atoms with E-state index in [1.54, 1.807) is 24.3 Å². The van der Waals surface area contributed by atoms with E-state index in [4.69, 9.17) is 43.7 Å². The number of rotatable bonds is 5. The number of ether oxygens (including phenoxy) is 2. The maximum Gasteiger partial charge on any atom is 0.347 e. The summed E-state index contributed by atoms with van der Waals surface area (Å²) in [5.74, 6) is -2.15. The van der Waals surface area contributed by atoms with Crippen molar-refractivity contribution in [2.24, 2.45) is 0 Å². The van der Waals surface area contributed by atoms with Gasteiger partial charge in [-0.05, 0) is 24.6 Å². The predicted molar refractivity (Wildman–Crippen MR) is 89.7 cm³/mol. The number of carbonyl (C=O) groups excluding carboxylic acids is 1. The molecule has 0 unspecified atom stereocenters. The lowest BCUT2D eigenvalue weighted by molar-refractivity contribution is -0.152. The molecule has 2 rings (SSSR count). The van der Waals surface area contributed by atoms with E-state index in [2.05, 4.69) is 4.98 Å². The van der Waals surface area contributed by atoms with Crippen LogP contribution in [0.25, 0.3) is 0 Å². The van der Waals surface area contributed by atoms with Gasteiger partial charge in [-0.1, -0.05) is 35.3 Å². The minimum atomic E-state index is -1.12. The third-order valence-electron chi connectivity index (χ3n) is 3.10. The van der Waals surface area contributed by atoms with Gasteiger partial charge in [0.25, 0.3) is 0 Å². The summed E-state index contributed by atoms with van der Waals surface area (Å²) in [6, 6.07) is 8.58. The van der Waals surface area contributed by atoms with E-state index in [1.165, 1.54) is 6.92 Å². The number of hydrogen-bond acceptors (Lipinski definition) is 6. The molecule has 1 atom stereocenters. The van der Waals surface area contributed by atoms with E-state index >= 15 is 0 Å². The van der Waals surface area contributed by atoms with Crippen LogP contribution in [0.15, 0.2) is 24.3 Å². The van der Waals surface area contributed by atoms with Crippen molar-refractivity contribution >= 4 is 34.9 Å². The third kappa shape index (κ3) is 4.50. The van der Waals surface area contributed by atoms with Crippen LogP contribution >= 0.6 is 23.2 Å². The zero-order chi connectivity index (χ0) is 18.6. The van der Waals surface area contributed by atoms with Gasteiger partial charge in [-0.25, -0.2) is 4.79 Å². The number of aromatic nitrogens is 1. The van der Waals surface area contributed by atoms with E-state index in [9.17, 15) is 9.18 Å². The zero-order valence-electron chi connectivity index (χ0n) is 12.9. The largest absolute Gasteiger partial charge is 0.461 e. The summed E-state index contributed by atoms with van der Waals surface area (Å²) < 4.78 is 23.8. The summed E-state index contributed by atoms with van der Waals surface area (Å²) in [6.45, 7) is 1.33. The van der Waals surface area contributed by atoms with Crippen molar-refractivity contribution in [3.05, 3.63) is 51.4 Å². The lowest BCUT2D eigenvalue weighted by Crippen LogP contribution is -2.26. The Labute approximate surface area is 152 Å². The molecule has 9 heteroatoms. The van der Waals surface area contributed by atoms with E-state index < -0.39 is 23.0 Å². The standard InChI is InChI=1S/C16H12Cl2FN3O3/c1-8(25-15-12(18)13(21)11(17)14(19)22-15)16(23)24-7-10-4-2-3-9(5-10)6-20/h2-5,8H,7H2,1H3,(H2,21,22)/t8-/m1/s1. The number of halogens is 3. The Morgan fingerprint density at radius 3 is 2.84 bits per heavy atom. The van der Waals surface area contributed by atoms with Gasteiger partial charge in [0.15, 0.2) is 6.10 Å². The van der Waals surface area contributed by atoms with Crippen molar-refractivity contribution in [1.82, 2.24) is 4.98 Å². The van der Waals surface area contributed by atoms with Crippen LogP contribution in [0.4, 0.5) is 10.1 Å². The number of pyridine rings is 1. The Balaban J connectivity index is 2.02. The number of carbonyl (C=O) groups is 1. The molecule has 2 aromatic rings. The number of nitrogens with two attached hydrogens (primary N) is 1. The first-order valence-electron chi connectivity index (χ1n) is 6.95. The summed E-state index contributed by atoms with van der Waals surface area (Å²) >= 11 is 11.5. The van der Waals surface area contributed by atoms with Crippen LogP contribution in [-0.2, 0) is 16.1 Å². The second kappa shape index (κ2) is 8.01. The Kier molecular flexibility index (Phi) is 6.02. The summed E-state index contributed by atoms with van der Waals surface area (Å²) in [7, 11) is 0. The van der Waals surface area contributed by atoms with Gasteiger partial charge < -0.3 is 15.2 Å². The van der Waals surface area contributed by atoms with Crippen LogP contribution in [0, 0.1) is 17.3 Å². The zero-order valence-corrected chi connectivity index (χ0v) is 14.4. The monoisotopic (exact) mass is 383 g/mol. The quantitative estimate of drug-likeness (QED) is 0.626. The van der Waals surface area contributed by atoms with E-state index in [1.807, 2.05) is 6.07 Å². The molecule has 1 aromatic heterocycles. The highest BCUT2D eigenvalue weighted by Crippen LogP contribution is 2.35. The van der Waals surface area contributed by atoms with Crippen LogP contribution in [0.1, 0.15) is 18.1 Å². The van der Waals surface area contributed by atoms with Crippen molar-refractivity contribution in [2.75, 3.05) is 5.73 Å². The lowest BCUT2D eigenvalue weighted by Gasteiger charge is -2.15. The minimum absolute atomic E-state index is 0.0552. The molecule has 2 N–H and O–H groups in total. The van der Waals surface area contributed by atoms with Crippen molar-refractivity contribution in [3.63, 3.8) is 0 Å². The summed E-state index contributed by atoms with van der Waals surface area (Å²) in [5.41, 5.74) is 6.38. The molecule has 0 fully saturated rings. The fraction of sp³-hybridized carbons (Fsp3) is 0.188. The molecule has 0 aliphatic carbocycles. The van der Waals surface area contributed by atoms with Gasteiger partial charge in [0.1, 0.15) is 16.7 Å². The van der Waals surface area contributed by atoms with Crippen LogP contribution in [0.2, 0.25) is 10.0 Å². The van der Waals surface area contributed by atoms with Crippen LogP contribution < -0.4 is 10.5 Å². The molecule has 0 amide bonds. The molecule has 0 spiro atoms. The lowest BCUT2D eigenvalue weighted by atomic mass is 10.1. The molecular weight excluding hydrogens is 372 g/mol. The number of anilines is 1. The van der Waals surface area contributed by atoms with Crippen LogP contribution in [0.3, 0.4) is 0 Å². The number of benzene rings is 1. The highest BCUT2D eigenvalue weighted by Gasteiger charge is 2.22. The van der Waals surface area contributed by atoms with Gasteiger partial charge in [-0.2, -0.15) is 14.6 Å². The van der Waals surface area contributed by atoms with Gasteiger partial charge in [0.2, 0.25) is 11.8 Å². The van der Waals surface area contributed by atoms with Gasteiger partial charge in [0, 0.05) is 0 Å². The number of nitriles is 1. The van der Waals surface area contributed by atoms with Crippen LogP contribution in [0.5, 0.6) is 5.88 Å². The number of hydrogen-bond donors (Lipinski definition) is 1. The molecular formula is C16H12Cl2FN3O3. The van der Waals surface area contributed by atoms with Gasteiger partial charge >= 0.3 is 5.97 Å². The second-order valence-electron chi connectivity index (χ2n) is 4.93. The molecule has 0 bridgehead atoms. The third-order valence-corrected chi connectivity index (χ3v) is 3.82. The first-order valence-corrected chi connectivity index (χ1v) is 7.71. The molecule has 0 aliphatic rings. The van der Waals surface area contributed by atoms with Crippen LogP contribution in [-0.4, -0.2) is 17.1 Å². The molecule has 0 saturated carbocycles. The Bertz CT molecular complexity index is 855. The van der Waals surface area contributed by atoms with Crippen molar-refractivity contribution in [1.29, 1.82) is 5.26 Å². The van der Waals surface area contributed by atoms with Gasteiger partial charge in [0.05, 0.1) is 17.3 Å². The minimum Gasteiger partial charge on any atom is -0.461 e. The first kappa shape index (κ1) is 18.8. The summed E-state index contributed by atoms with van der Waals surface area (Å²) in [6.07, 6.45) is -1.12.